The van der Waals surface area contributed by atoms with Gasteiger partial charge in [0.1, 0.15) is 0 Å². The van der Waals surface area contributed by atoms with Crippen molar-refractivity contribution in [3.05, 3.63) is 0 Å². The highest BCUT2D eigenvalue weighted by Crippen LogP contribution is 2.18. The van der Waals surface area contributed by atoms with E-state index in [-0.39, 0.29) is 0 Å². The maximum absolute atomic E-state index is 9.03. The summed E-state index contributed by atoms with van der Waals surface area (Å²) in [6.07, 6.45) is 0.521. The SMILES string of the molecule is CC1=NOC(C)(O)C1. The fourth-order valence-electron chi connectivity index (χ4n) is 0.715. The average molecular weight is 115 g/mol. The minimum Gasteiger partial charge on any atom is -0.360 e. The van der Waals surface area contributed by atoms with Gasteiger partial charge in [0, 0.05) is 6.92 Å². The van der Waals surface area contributed by atoms with Crippen LogP contribution in [0.4, 0.5) is 0 Å². The first-order valence-electron chi connectivity index (χ1n) is 2.54. The second-order valence-electron chi connectivity index (χ2n) is 2.27. The van der Waals surface area contributed by atoms with Crippen LogP contribution in [0.1, 0.15) is 20.3 Å². The quantitative estimate of drug-likeness (QED) is 0.499. The number of nitrogens with zero attached hydrogens (tertiary/aromatic N) is 1. The third-order valence-corrected chi connectivity index (χ3v) is 0.982. The van der Waals surface area contributed by atoms with Crippen LogP contribution >= 0.6 is 0 Å². The minimum atomic E-state index is -1.04. The lowest BCUT2D eigenvalue weighted by Gasteiger charge is -2.11. The van der Waals surface area contributed by atoms with Crippen LogP contribution in [0.2, 0.25) is 0 Å². The zero-order chi connectivity index (χ0) is 6.20. The van der Waals surface area contributed by atoms with Gasteiger partial charge in [-0.3, -0.25) is 0 Å². The van der Waals surface area contributed by atoms with Gasteiger partial charge >= 0.3 is 0 Å². The molecule has 0 aliphatic carbocycles. The fraction of sp³-hybridized carbons (Fsp3) is 0.800. The highest BCUT2D eigenvalue weighted by molar-refractivity contribution is 5.83. The van der Waals surface area contributed by atoms with Crippen LogP contribution < -0.4 is 0 Å². The van der Waals surface area contributed by atoms with Gasteiger partial charge in [0.05, 0.1) is 12.1 Å². The largest absolute Gasteiger partial charge is 0.360 e. The van der Waals surface area contributed by atoms with Gasteiger partial charge in [0.25, 0.3) is 0 Å². The summed E-state index contributed by atoms with van der Waals surface area (Å²) in [7, 11) is 0. The summed E-state index contributed by atoms with van der Waals surface area (Å²) < 4.78 is 0. The molecule has 1 N–H and O–H groups in total. The summed E-state index contributed by atoms with van der Waals surface area (Å²) >= 11 is 0. The maximum Gasteiger partial charge on any atom is 0.236 e. The van der Waals surface area contributed by atoms with E-state index in [1.54, 1.807) is 6.92 Å². The van der Waals surface area contributed by atoms with Crippen molar-refractivity contribution in [2.45, 2.75) is 26.1 Å². The van der Waals surface area contributed by atoms with Crippen molar-refractivity contribution in [1.82, 2.24) is 0 Å². The molecule has 0 spiro atoms. The van der Waals surface area contributed by atoms with Crippen molar-refractivity contribution >= 4 is 5.71 Å². The Hall–Kier alpha value is -0.570. The van der Waals surface area contributed by atoms with Crippen molar-refractivity contribution in [2.24, 2.45) is 5.16 Å². The Balaban J connectivity index is 2.55. The van der Waals surface area contributed by atoms with Crippen LogP contribution in [0.5, 0.6) is 0 Å². The van der Waals surface area contributed by atoms with Gasteiger partial charge < -0.3 is 9.94 Å². The molecule has 0 saturated carbocycles. The first kappa shape index (κ1) is 5.56. The van der Waals surface area contributed by atoms with E-state index in [0.29, 0.717) is 6.42 Å². The van der Waals surface area contributed by atoms with E-state index in [0.717, 1.165) is 5.71 Å². The lowest BCUT2D eigenvalue weighted by molar-refractivity contribution is -0.170. The zero-order valence-corrected chi connectivity index (χ0v) is 5.01. The summed E-state index contributed by atoms with van der Waals surface area (Å²) in [5.41, 5.74) is 0.843. The van der Waals surface area contributed by atoms with Gasteiger partial charge in [-0.2, -0.15) is 0 Å². The van der Waals surface area contributed by atoms with Crippen molar-refractivity contribution in [3.63, 3.8) is 0 Å². The number of hydrogen-bond donors (Lipinski definition) is 1. The van der Waals surface area contributed by atoms with Gasteiger partial charge in [0.15, 0.2) is 0 Å². The molecule has 3 nitrogen and oxygen atoms in total. The zero-order valence-electron chi connectivity index (χ0n) is 5.01. The summed E-state index contributed by atoms with van der Waals surface area (Å²) in [4.78, 5) is 4.60. The van der Waals surface area contributed by atoms with E-state index in [1.807, 2.05) is 6.92 Å². The molecule has 1 aliphatic heterocycles. The molecule has 46 valence electrons. The van der Waals surface area contributed by atoms with Crippen molar-refractivity contribution in [3.8, 4) is 0 Å². The highest BCUT2D eigenvalue weighted by Gasteiger charge is 2.28. The molecule has 3 heteroatoms. The van der Waals surface area contributed by atoms with E-state index in [2.05, 4.69) is 9.99 Å². The third kappa shape index (κ3) is 0.980. The van der Waals surface area contributed by atoms with Crippen molar-refractivity contribution in [1.29, 1.82) is 0 Å². The molecule has 0 fully saturated rings. The van der Waals surface area contributed by atoms with Crippen LogP contribution in [0.15, 0.2) is 5.16 Å². The van der Waals surface area contributed by atoms with Gasteiger partial charge in [0.2, 0.25) is 5.79 Å². The van der Waals surface area contributed by atoms with Crippen molar-refractivity contribution in [2.75, 3.05) is 0 Å². The van der Waals surface area contributed by atoms with Gasteiger partial charge in [-0.25, -0.2) is 0 Å². The molecule has 0 aromatic carbocycles. The lowest BCUT2D eigenvalue weighted by atomic mass is 10.2. The standard InChI is InChI=1S/C5H9NO2/c1-4-3-5(2,7)8-6-4/h7H,3H2,1-2H3. The van der Waals surface area contributed by atoms with Crippen molar-refractivity contribution < 1.29 is 9.94 Å². The molecule has 1 aliphatic rings. The number of oxime groups is 1. The molecule has 1 heterocycles. The summed E-state index contributed by atoms with van der Waals surface area (Å²) in [5.74, 6) is -1.04. The van der Waals surface area contributed by atoms with Gasteiger partial charge in [-0.15, -0.1) is 0 Å². The fourth-order valence-corrected chi connectivity index (χ4v) is 0.715. The molecule has 0 aromatic heterocycles. The Labute approximate surface area is 48.0 Å². The molecular weight excluding hydrogens is 106 g/mol. The van der Waals surface area contributed by atoms with E-state index >= 15 is 0 Å². The third-order valence-electron chi connectivity index (χ3n) is 0.982. The second kappa shape index (κ2) is 1.45. The van der Waals surface area contributed by atoms with E-state index < -0.39 is 5.79 Å². The Morgan fingerprint density at radius 2 is 2.50 bits per heavy atom. The Bertz CT molecular complexity index is 128. The first-order chi connectivity index (χ1) is 3.60. The second-order valence-corrected chi connectivity index (χ2v) is 2.27. The normalized spacial score (nSPS) is 36.6. The molecule has 0 amide bonds. The molecule has 0 bridgehead atoms. The van der Waals surface area contributed by atoms with Crippen LogP contribution in [0.3, 0.4) is 0 Å². The predicted octanol–water partition coefficient (Wildman–Crippen LogP) is 0.491. The van der Waals surface area contributed by atoms with E-state index in [1.165, 1.54) is 0 Å². The highest BCUT2D eigenvalue weighted by atomic mass is 16.7. The molecule has 8 heavy (non-hydrogen) atoms. The van der Waals surface area contributed by atoms with Gasteiger partial charge in [-0.1, -0.05) is 5.16 Å². The molecule has 0 saturated heterocycles. The number of hydrogen-bond acceptors (Lipinski definition) is 3. The topological polar surface area (TPSA) is 41.8 Å². The van der Waals surface area contributed by atoms with E-state index in [4.69, 9.17) is 5.11 Å². The van der Waals surface area contributed by atoms with Crippen LogP contribution in [0, 0.1) is 0 Å². The summed E-state index contributed by atoms with van der Waals surface area (Å²) in [6.45, 7) is 3.41. The first-order valence-corrected chi connectivity index (χ1v) is 2.54. The molecule has 0 aromatic rings. The Kier molecular flexibility index (Phi) is 1.01. The Morgan fingerprint density at radius 3 is 2.62 bits per heavy atom. The van der Waals surface area contributed by atoms with Gasteiger partial charge in [-0.05, 0) is 6.92 Å². The summed E-state index contributed by atoms with van der Waals surface area (Å²) in [5, 5.41) is 12.6. The smallest absolute Gasteiger partial charge is 0.236 e. The van der Waals surface area contributed by atoms with Crippen LogP contribution in [-0.2, 0) is 4.84 Å². The molecule has 1 unspecified atom stereocenters. The maximum atomic E-state index is 9.03. The molecule has 1 atom stereocenters. The van der Waals surface area contributed by atoms with Crippen LogP contribution in [-0.4, -0.2) is 16.6 Å². The minimum absolute atomic E-state index is 0.521. The monoisotopic (exact) mass is 115 g/mol. The molecule has 0 radical (unpaired) electrons. The van der Waals surface area contributed by atoms with E-state index in [9.17, 15) is 0 Å². The Morgan fingerprint density at radius 1 is 1.88 bits per heavy atom. The summed E-state index contributed by atoms with van der Waals surface area (Å²) in [6, 6.07) is 0. The number of aliphatic hydroxyl groups is 1. The molecule has 1 rings (SSSR count). The van der Waals surface area contributed by atoms with Crippen LogP contribution in [0.25, 0.3) is 0 Å². The predicted molar refractivity (Wildman–Crippen MR) is 29.4 cm³/mol. The molecular formula is C5H9NO2. The number of rotatable bonds is 0. The average Bonchev–Trinajstić information content (AvgIpc) is 1.82. The lowest BCUT2D eigenvalue weighted by Crippen LogP contribution is -2.22.